The quantitative estimate of drug-likeness (QED) is 0.572. The summed E-state index contributed by atoms with van der Waals surface area (Å²) in [6.07, 6.45) is 1.42. The summed E-state index contributed by atoms with van der Waals surface area (Å²) in [4.78, 5) is 22.7. The van der Waals surface area contributed by atoms with Crippen LogP contribution < -0.4 is 5.43 Å². The van der Waals surface area contributed by atoms with Gasteiger partial charge in [0, 0.05) is 5.39 Å². The number of hydrogen-bond donors (Lipinski definition) is 2. The number of nitrogens with zero attached hydrogens (tertiary/aromatic N) is 1. The first-order valence-corrected chi connectivity index (χ1v) is 6.79. The number of carbonyl (C=O) groups is 2. The molecule has 3 rings (SSSR count). The number of furan rings is 1. The Hall–Kier alpha value is -3.41. The minimum absolute atomic E-state index is 0.171. The van der Waals surface area contributed by atoms with Gasteiger partial charge in [-0.1, -0.05) is 30.3 Å². The lowest BCUT2D eigenvalue weighted by molar-refractivity contribution is 0.0696. The number of hydrogen-bond acceptors (Lipinski definition) is 4. The number of hydrazone groups is 1. The number of nitrogens with one attached hydrogen (secondary N) is 1. The molecule has 0 bridgehead atoms. The van der Waals surface area contributed by atoms with Crippen LogP contribution in [0.4, 0.5) is 0 Å². The summed E-state index contributed by atoms with van der Waals surface area (Å²) >= 11 is 0. The number of benzene rings is 2. The summed E-state index contributed by atoms with van der Waals surface area (Å²) in [5, 5.41) is 13.5. The third kappa shape index (κ3) is 3.26. The third-order valence-corrected chi connectivity index (χ3v) is 3.19. The molecule has 0 atom stereocenters. The molecule has 2 aromatic carbocycles. The first-order valence-electron chi connectivity index (χ1n) is 6.79. The van der Waals surface area contributed by atoms with Gasteiger partial charge in [0.05, 0.1) is 11.8 Å². The van der Waals surface area contributed by atoms with Crippen molar-refractivity contribution >= 4 is 29.1 Å². The van der Waals surface area contributed by atoms with Crippen LogP contribution in [0.3, 0.4) is 0 Å². The lowest BCUT2D eigenvalue weighted by Crippen LogP contribution is -2.16. The number of para-hydroxylation sites is 1. The molecule has 6 heteroatoms. The second-order valence-electron chi connectivity index (χ2n) is 4.77. The molecule has 6 nitrogen and oxygen atoms in total. The minimum atomic E-state index is -0.994. The van der Waals surface area contributed by atoms with E-state index in [0.29, 0.717) is 11.1 Å². The van der Waals surface area contributed by atoms with E-state index >= 15 is 0 Å². The van der Waals surface area contributed by atoms with Gasteiger partial charge in [0.1, 0.15) is 5.58 Å². The van der Waals surface area contributed by atoms with Crippen molar-refractivity contribution in [3.8, 4) is 0 Å². The molecule has 0 spiro atoms. The van der Waals surface area contributed by atoms with Gasteiger partial charge in [0.2, 0.25) is 0 Å². The fourth-order valence-electron chi connectivity index (χ4n) is 2.03. The number of rotatable bonds is 4. The Labute approximate surface area is 131 Å². The van der Waals surface area contributed by atoms with Gasteiger partial charge in [0.15, 0.2) is 5.76 Å². The van der Waals surface area contributed by atoms with Crippen LogP contribution >= 0.6 is 0 Å². The van der Waals surface area contributed by atoms with Gasteiger partial charge in [-0.15, -0.1) is 0 Å². The molecule has 3 aromatic rings. The highest BCUT2D eigenvalue weighted by Gasteiger charge is 2.10. The zero-order chi connectivity index (χ0) is 16.2. The van der Waals surface area contributed by atoms with E-state index in [4.69, 9.17) is 9.52 Å². The molecule has 1 aromatic heterocycles. The zero-order valence-electron chi connectivity index (χ0n) is 11.9. The molecule has 0 aliphatic carbocycles. The molecule has 0 fully saturated rings. The van der Waals surface area contributed by atoms with E-state index < -0.39 is 11.9 Å². The summed E-state index contributed by atoms with van der Waals surface area (Å²) in [7, 11) is 0. The maximum Gasteiger partial charge on any atom is 0.335 e. The predicted octanol–water partition coefficient (Wildman–Crippen LogP) is 2.89. The van der Waals surface area contributed by atoms with Crippen LogP contribution in [0.5, 0.6) is 0 Å². The maximum atomic E-state index is 12.0. The Morgan fingerprint density at radius 3 is 2.52 bits per heavy atom. The topological polar surface area (TPSA) is 91.9 Å². The zero-order valence-corrected chi connectivity index (χ0v) is 11.9. The summed E-state index contributed by atoms with van der Waals surface area (Å²) in [6.45, 7) is 0. The van der Waals surface area contributed by atoms with Crippen molar-refractivity contribution in [2.45, 2.75) is 0 Å². The molecular formula is C17H12N2O4. The highest BCUT2D eigenvalue weighted by molar-refractivity contribution is 5.96. The minimum Gasteiger partial charge on any atom is -0.478 e. The van der Waals surface area contributed by atoms with Crippen LogP contribution in [0, 0.1) is 0 Å². The maximum absolute atomic E-state index is 12.0. The van der Waals surface area contributed by atoms with Crippen LogP contribution in [0.1, 0.15) is 26.5 Å². The Morgan fingerprint density at radius 1 is 1.09 bits per heavy atom. The molecule has 23 heavy (non-hydrogen) atoms. The van der Waals surface area contributed by atoms with Gasteiger partial charge in [-0.3, -0.25) is 4.79 Å². The number of fused-ring (bicyclic) bond motifs is 1. The summed E-state index contributed by atoms with van der Waals surface area (Å²) in [5.41, 5.74) is 3.85. The van der Waals surface area contributed by atoms with Crippen molar-refractivity contribution < 1.29 is 19.1 Å². The number of carboxylic acid groups (broad SMARTS) is 1. The van der Waals surface area contributed by atoms with E-state index in [2.05, 4.69) is 10.5 Å². The van der Waals surface area contributed by atoms with Gasteiger partial charge in [-0.05, 0) is 29.8 Å². The normalized spacial score (nSPS) is 11.0. The fraction of sp³-hybridized carbons (Fsp3) is 0. The van der Waals surface area contributed by atoms with Gasteiger partial charge in [-0.2, -0.15) is 5.10 Å². The van der Waals surface area contributed by atoms with Crippen molar-refractivity contribution in [2.24, 2.45) is 5.10 Å². The summed E-state index contributed by atoms with van der Waals surface area (Å²) in [5.74, 6) is -1.28. The molecule has 0 radical (unpaired) electrons. The summed E-state index contributed by atoms with van der Waals surface area (Å²) in [6, 6.07) is 15.1. The van der Waals surface area contributed by atoms with Crippen molar-refractivity contribution in [1.82, 2.24) is 5.43 Å². The van der Waals surface area contributed by atoms with Crippen LogP contribution in [-0.4, -0.2) is 23.2 Å². The average Bonchev–Trinajstić information content (AvgIpc) is 2.99. The number of aromatic carboxylic acids is 1. The van der Waals surface area contributed by atoms with Crippen LogP contribution in [0.2, 0.25) is 0 Å². The van der Waals surface area contributed by atoms with Gasteiger partial charge < -0.3 is 9.52 Å². The van der Waals surface area contributed by atoms with Crippen molar-refractivity contribution in [1.29, 1.82) is 0 Å². The molecule has 0 saturated heterocycles. The Kier molecular flexibility index (Phi) is 3.88. The second kappa shape index (κ2) is 6.15. The monoisotopic (exact) mass is 308 g/mol. The largest absolute Gasteiger partial charge is 0.478 e. The summed E-state index contributed by atoms with van der Waals surface area (Å²) < 4.78 is 5.42. The number of carbonyl (C=O) groups excluding carboxylic acids is 1. The molecule has 1 heterocycles. The first kappa shape index (κ1) is 14.5. The van der Waals surface area contributed by atoms with E-state index in [9.17, 15) is 9.59 Å². The molecule has 0 aliphatic rings. The lowest BCUT2D eigenvalue weighted by atomic mass is 10.1. The standard InChI is InChI=1S/C17H12N2O4/c20-16(15-9-13-3-1-2-4-14(13)23-15)19-18-10-11-5-7-12(8-6-11)17(21)22/h1-10H,(H,19,20)(H,21,22)/b18-10-. The number of amides is 1. The second-order valence-corrected chi connectivity index (χ2v) is 4.77. The molecule has 0 saturated carbocycles. The van der Waals surface area contributed by atoms with E-state index in [-0.39, 0.29) is 11.3 Å². The van der Waals surface area contributed by atoms with Crippen molar-refractivity contribution in [2.75, 3.05) is 0 Å². The Morgan fingerprint density at radius 2 is 1.83 bits per heavy atom. The fourth-order valence-corrected chi connectivity index (χ4v) is 2.03. The highest BCUT2D eigenvalue weighted by Crippen LogP contribution is 2.18. The molecule has 0 unspecified atom stereocenters. The van der Waals surface area contributed by atoms with E-state index in [1.807, 2.05) is 18.2 Å². The van der Waals surface area contributed by atoms with Crippen LogP contribution in [-0.2, 0) is 0 Å². The molecule has 1 amide bonds. The van der Waals surface area contributed by atoms with Crippen LogP contribution in [0.25, 0.3) is 11.0 Å². The van der Waals surface area contributed by atoms with E-state index in [1.54, 1.807) is 24.3 Å². The van der Waals surface area contributed by atoms with Gasteiger partial charge >= 0.3 is 11.9 Å². The molecule has 0 aliphatic heterocycles. The SMILES string of the molecule is O=C(O)c1ccc(/C=N\NC(=O)c2cc3ccccc3o2)cc1. The van der Waals surface area contributed by atoms with Crippen LogP contribution in [0.15, 0.2) is 64.1 Å². The highest BCUT2D eigenvalue weighted by atomic mass is 16.4. The first-order chi connectivity index (χ1) is 11.1. The predicted molar refractivity (Wildman–Crippen MR) is 84.7 cm³/mol. The molecule has 2 N–H and O–H groups in total. The Bertz CT molecular complexity index is 861. The smallest absolute Gasteiger partial charge is 0.335 e. The molecular weight excluding hydrogens is 296 g/mol. The van der Waals surface area contributed by atoms with Gasteiger partial charge in [0.25, 0.3) is 0 Å². The van der Waals surface area contributed by atoms with Crippen molar-refractivity contribution in [3.05, 3.63) is 71.5 Å². The third-order valence-electron chi connectivity index (χ3n) is 3.19. The number of carboxylic acids is 1. The Balaban J connectivity index is 1.67. The van der Waals surface area contributed by atoms with E-state index in [0.717, 1.165) is 5.39 Å². The van der Waals surface area contributed by atoms with Gasteiger partial charge in [-0.25, -0.2) is 10.2 Å². The van der Waals surface area contributed by atoms with E-state index in [1.165, 1.54) is 18.3 Å². The van der Waals surface area contributed by atoms with Crippen molar-refractivity contribution in [3.63, 3.8) is 0 Å². The lowest BCUT2D eigenvalue weighted by Gasteiger charge is -1.97. The molecule has 114 valence electrons. The average molecular weight is 308 g/mol.